The van der Waals surface area contributed by atoms with Crippen LogP contribution in [0, 0.1) is 19.7 Å². The van der Waals surface area contributed by atoms with Crippen molar-refractivity contribution in [3.05, 3.63) is 57.2 Å². The first-order valence-corrected chi connectivity index (χ1v) is 8.61. The van der Waals surface area contributed by atoms with Crippen molar-refractivity contribution in [3.63, 3.8) is 0 Å². The Bertz CT molecular complexity index is 917. The molecule has 0 bridgehead atoms. The predicted octanol–water partition coefficient (Wildman–Crippen LogP) is 3.91. The minimum Gasteiger partial charge on any atom is -0.315 e. The Kier molecular flexibility index (Phi) is 4.51. The molecule has 1 N–H and O–H groups in total. The lowest BCUT2D eigenvalue weighted by Gasteiger charge is -2.11. The number of carbonyl (C=O) groups excluding carboxylic acids is 2. The summed E-state index contributed by atoms with van der Waals surface area (Å²) in [6.07, 6.45) is 1.63. The van der Waals surface area contributed by atoms with Gasteiger partial charge in [0.15, 0.2) is 0 Å². The predicted molar refractivity (Wildman–Crippen MR) is 96.8 cm³/mol. The summed E-state index contributed by atoms with van der Waals surface area (Å²) in [6.45, 7) is 5.76. The fraction of sp³-hybridized carbons (Fsp3) is 0.222. The molecule has 0 spiro atoms. The van der Waals surface area contributed by atoms with Crippen LogP contribution in [0.25, 0.3) is 11.8 Å². The zero-order valence-corrected chi connectivity index (χ0v) is 15.6. The third kappa shape index (κ3) is 3.00. The van der Waals surface area contributed by atoms with E-state index in [2.05, 4.69) is 21.2 Å². The Balaban J connectivity index is 2.05. The van der Waals surface area contributed by atoms with E-state index in [1.165, 1.54) is 6.07 Å². The lowest BCUT2D eigenvalue weighted by molar-refractivity contribution is -0.122. The van der Waals surface area contributed by atoms with Crippen LogP contribution >= 0.6 is 15.9 Å². The summed E-state index contributed by atoms with van der Waals surface area (Å²) in [7, 11) is 0. The fourth-order valence-electron chi connectivity index (χ4n) is 2.98. The van der Waals surface area contributed by atoms with Crippen molar-refractivity contribution in [2.24, 2.45) is 0 Å². The number of halogens is 2. The Labute approximate surface area is 153 Å². The molecule has 0 aliphatic carbocycles. The van der Waals surface area contributed by atoms with Crippen molar-refractivity contribution < 1.29 is 14.0 Å². The molecule has 2 aromatic rings. The van der Waals surface area contributed by atoms with Gasteiger partial charge in [0, 0.05) is 22.4 Å². The lowest BCUT2D eigenvalue weighted by Crippen LogP contribution is -2.30. The first kappa shape index (κ1) is 17.4. The number of hydrogen-bond acceptors (Lipinski definition) is 2. The number of hydrogen-bond donors (Lipinski definition) is 1. The maximum absolute atomic E-state index is 14.3. The molecule has 0 unspecified atom stereocenters. The number of amides is 3. The molecule has 0 radical (unpaired) electrons. The zero-order chi connectivity index (χ0) is 18.3. The highest BCUT2D eigenvalue weighted by molar-refractivity contribution is 9.10. The summed E-state index contributed by atoms with van der Waals surface area (Å²) in [6, 6.07) is 6.31. The summed E-state index contributed by atoms with van der Waals surface area (Å²) in [5, 5.41) is 2.58. The topological polar surface area (TPSA) is 54.3 Å². The highest BCUT2D eigenvalue weighted by Gasteiger charge is 2.32. The van der Waals surface area contributed by atoms with Crippen molar-refractivity contribution in [3.8, 4) is 5.69 Å². The highest BCUT2D eigenvalue weighted by atomic mass is 79.9. The zero-order valence-electron chi connectivity index (χ0n) is 14.1. The van der Waals surface area contributed by atoms with Crippen LogP contribution in [-0.2, 0) is 4.79 Å². The molecule has 2 heterocycles. The van der Waals surface area contributed by atoms with Gasteiger partial charge >= 0.3 is 6.03 Å². The van der Waals surface area contributed by atoms with Crippen molar-refractivity contribution in [1.82, 2.24) is 14.8 Å². The number of carbonyl (C=O) groups is 2. The largest absolute Gasteiger partial charge is 0.328 e. The standard InChI is InChI=1S/C18H17BrFN3O2/c1-4-22-17(24)15(21-18(22)25)8-12-7-10(2)23(11(12)3)16-6-5-13(19)9-14(16)20/h5-9H,4H2,1-3H3,(H,21,25)/b15-8+. The first-order valence-electron chi connectivity index (χ1n) is 7.82. The van der Waals surface area contributed by atoms with E-state index in [0.717, 1.165) is 21.9 Å². The summed E-state index contributed by atoms with van der Waals surface area (Å²) >= 11 is 3.25. The van der Waals surface area contributed by atoms with Gasteiger partial charge < -0.3 is 9.88 Å². The van der Waals surface area contributed by atoms with E-state index in [1.807, 2.05) is 19.9 Å². The van der Waals surface area contributed by atoms with Crippen LogP contribution in [0.1, 0.15) is 23.9 Å². The first-order chi connectivity index (χ1) is 11.8. The van der Waals surface area contributed by atoms with Crippen LogP contribution < -0.4 is 5.32 Å². The van der Waals surface area contributed by atoms with Crippen molar-refractivity contribution in [2.75, 3.05) is 6.54 Å². The van der Waals surface area contributed by atoms with E-state index in [4.69, 9.17) is 0 Å². The molecule has 3 amide bonds. The third-order valence-electron chi connectivity index (χ3n) is 4.20. The second-order valence-corrected chi connectivity index (χ2v) is 6.71. The number of urea groups is 1. The van der Waals surface area contributed by atoms with E-state index in [0.29, 0.717) is 16.7 Å². The van der Waals surface area contributed by atoms with Gasteiger partial charge in [-0.15, -0.1) is 0 Å². The van der Waals surface area contributed by atoms with Gasteiger partial charge in [0.2, 0.25) is 0 Å². The molecule has 130 valence electrons. The summed E-state index contributed by atoms with van der Waals surface area (Å²) in [4.78, 5) is 25.1. The Morgan fingerprint density at radius 1 is 1.24 bits per heavy atom. The number of nitrogens with zero attached hydrogens (tertiary/aromatic N) is 2. The minimum atomic E-state index is -0.425. The van der Waals surface area contributed by atoms with Gasteiger partial charge in [0.05, 0.1) is 5.69 Å². The molecule has 5 nitrogen and oxygen atoms in total. The molecule has 25 heavy (non-hydrogen) atoms. The van der Waals surface area contributed by atoms with Gasteiger partial charge in [-0.2, -0.15) is 0 Å². The smallest absolute Gasteiger partial charge is 0.315 e. The summed E-state index contributed by atoms with van der Waals surface area (Å²) in [5.74, 6) is -0.704. The molecule has 7 heteroatoms. The number of aryl methyl sites for hydroxylation is 1. The van der Waals surface area contributed by atoms with E-state index >= 15 is 0 Å². The average molecular weight is 406 g/mol. The summed E-state index contributed by atoms with van der Waals surface area (Å²) in [5.41, 5.74) is 3.02. The van der Waals surface area contributed by atoms with Gasteiger partial charge in [-0.25, -0.2) is 9.18 Å². The second-order valence-electron chi connectivity index (χ2n) is 5.80. The molecule has 1 fully saturated rings. The van der Waals surface area contributed by atoms with E-state index in [1.54, 1.807) is 29.7 Å². The van der Waals surface area contributed by atoms with Gasteiger partial charge in [-0.1, -0.05) is 15.9 Å². The molecular formula is C18H17BrFN3O2. The highest BCUT2D eigenvalue weighted by Crippen LogP contribution is 2.26. The van der Waals surface area contributed by atoms with Gasteiger partial charge in [-0.3, -0.25) is 9.69 Å². The van der Waals surface area contributed by atoms with Crippen LogP contribution in [-0.4, -0.2) is 28.0 Å². The van der Waals surface area contributed by atoms with Crippen LogP contribution in [0.3, 0.4) is 0 Å². The molecule has 1 saturated heterocycles. The maximum Gasteiger partial charge on any atom is 0.328 e. The number of nitrogens with one attached hydrogen (secondary N) is 1. The molecule has 1 aromatic heterocycles. The molecule has 1 aromatic carbocycles. The normalized spacial score (nSPS) is 16.0. The van der Waals surface area contributed by atoms with Gasteiger partial charge in [0.25, 0.3) is 5.91 Å². The summed E-state index contributed by atoms with van der Waals surface area (Å²) < 4.78 is 16.8. The van der Waals surface area contributed by atoms with E-state index in [9.17, 15) is 14.0 Å². The SMILES string of the molecule is CCN1C(=O)N/C(=C/c2cc(C)n(-c3ccc(Br)cc3F)c2C)C1=O. The molecular weight excluding hydrogens is 389 g/mol. The molecule has 1 aliphatic heterocycles. The minimum absolute atomic E-state index is 0.225. The number of aromatic nitrogens is 1. The average Bonchev–Trinajstić information content (AvgIpc) is 2.97. The maximum atomic E-state index is 14.3. The molecule has 3 rings (SSSR count). The number of rotatable bonds is 3. The Morgan fingerprint density at radius 2 is 1.96 bits per heavy atom. The Morgan fingerprint density at radius 3 is 2.56 bits per heavy atom. The van der Waals surface area contributed by atoms with Gasteiger partial charge in [0.1, 0.15) is 11.5 Å². The molecule has 0 saturated carbocycles. The third-order valence-corrected chi connectivity index (χ3v) is 4.69. The van der Waals surface area contributed by atoms with E-state index in [-0.39, 0.29) is 17.4 Å². The quantitative estimate of drug-likeness (QED) is 0.621. The van der Waals surface area contributed by atoms with Crippen LogP contribution in [0.4, 0.5) is 9.18 Å². The lowest BCUT2D eigenvalue weighted by atomic mass is 10.2. The number of likely N-dealkylation sites (N-methyl/N-ethyl adjacent to an activating group) is 1. The van der Waals surface area contributed by atoms with Crippen LogP contribution in [0.15, 0.2) is 34.4 Å². The molecule has 1 aliphatic rings. The van der Waals surface area contributed by atoms with Gasteiger partial charge in [-0.05, 0) is 56.7 Å². The van der Waals surface area contributed by atoms with Crippen LogP contribution in [0.2, 0.25) is 0 Å². The fourth-order valence-corrected chi connectivity index (χ4v) is 3.31. The van der Waals surface area contributed by atoms with Crippen molar-refractivity contribution in [1.29, 1.82) is 0 Å². The molecule has 0 atom stereocenters. The van der Waals surface area contributed by atoms with Crippen LogP contribution in [0.5, 0.6) is 0 Å². The van der Waals surface area contributed by atoms with Crippen molar-refractivity contribution in [2.45, 2.75) is 20.8 Å². The number of imide groups is 1. The monoisotopic (exact) mass is 405 g/mol. The Hall–Kier alpha value is -2.41. The van der Waals surface area contributed by atoms with E-state index < -0.39 is 6.03 Å². The number of benzene rings is 1. The van der Waals surface area contributed by atoms with Crippen molar-refractivity contribution >= 4 is 33.9 Å². The second kappa shape index (κ2) is 6.48.